The molecule has 4 nitrogen and oxygen atoms in total. The van der Waals surface area contributed by atoms with Crippen molar-refractivity contribution in [1.82, 2.24) is 4.90 Å². The highest BCUT2D eigenvalue weighted by Crippen LogP contribution is 2.15. The summed E-state index contributed by atoms with van der Waals surface area (Å²) in [5.74, 6) is 1.83. The van der Waals surface area contributed by atoms with E-state index in [4.69, 9.17) is 10.5 Å². The van der Waals surface area contributed by atoms with Crippen LogP contribution in [-0.4, -0.2) is 37.1 Å². The second-order valence-electron chi connectivity index (χ2n) is 5.94. The minimum atomic E-state index is -0.246. The highest BCUT2D eigenvalue weighted by atomic mass is 127. The minimum absolute atomic E-state index is 0. The summed E-state index contributed by atoms with van der Waals surface area (Å²) in [5.41, 5.74) is 6.04. The number of hydrogen-bond acceptors (Lipinski definition) is 2. The first-order chi connectivity index (χ1) is 10.6. The van der Waals surface area contributed by atoms with E-state index in [2.05, 4.69) is 16.8 Å². The molecule has 0 saturated carbocycles. The van der Waals surface area contributed by atoms with Gasteiger partial charge in [0.05, 0.1) is 6.61 Å². The third kappa shape index (κ3) is 7.37. The smallest absolute Gasteiger partial charge is 0.191 e. The molecule has 130 valence electrons. The van der Waals surface area contributed by atoms with Gasteiger partial charge in [-0.05, 0) is 55.9 Å². The Morgan fingerprint density at radius 1 is 1.35 bits per heavy atom. The Kier molecular flexibility index (Phi) is 9.28. The summed E-state index contributed by atoms with van der Waals surface area (Å²) < 4.78 is 18.3. The molecule has 0 aromatic heterocycles. The Balaban J connectivity index is 0.00000264. The molecule has 6 heteroatoms. The van der Waals surface area contributed by atoms with Crippen LogP contribution in [0.15, 0.2) is 29.3 Å². The molecular formula is C17H27FIN3O. The van der Waals surface area contributed by atoms with Crippen LogP contribution in [0.5, 0.6) is 5.75 Å². The predicted octanol–water partition coefficient (Wildman–Crippen LogP) is 3.65. The van der Waals surface area contributed by atoms with E-state index >= 15 is 0 Å². The van der Waals surface area contributed by atoms with Crippen molar-refractivity contribution in [2.45, 2.75) is 32.6 Å². The first kappa shape index (κ1) is 20.0. The molecule has 1 saturated heterocycles. The lowest BCUT2D eigenvalue weighted by molar-refractivity contribution is 0.270. The van der Waals surface area contributed by atoms with Gasteiger partial charge in [0.1, 0.15) is 11.6 Å². The number of guanidine groups is 1. The topological polar surface area (TPSA) is 50.8 Å². The van der Waals surface area contributed by atoms with Gasteiger partial charge >= 0.3 is 0 Å². The number of piperidine rings is 1. The molecular weight excluding hydrogens is 408 g/mol. The van der Waals surface area contributed by atoms with Gasteiger partial charge in [0.2, 0.25) is 0 Å². The second-order valence-corrected chi connectivity index (χ2v) is 5.94. The summed E-state index contributed by atoms with van der Waals surface area (Å²) in [7, 11) is 0. The fourth-order valence-corrected chi connectivity index (χ4v) is 2.63. The lowest BCUT2D eigenvalue weighted by Crippen LogP contribution is -2.43. The molecule has 1 aliphatic heterocycles. The van der Waals surface area contributed by atoms with Crippen LogP contribution in [0.25, 0.3) is 0 Å². The summed E-state index contributed by atoms with van der Waals surface area (Å²) in [4.78, 5) is 6.64. The fourth-order valence-electron chi connectivity index (χ4n) is 2.63. The number of rotatable bonds is 6. The van der Waals surface area contributed by atoms with Crippen molar-refractivity contribution in [2.75, 3.05) is 26.2 Å². The number of nitrogens with two attached hydrogens (primary N) is 1. The van der Waals surface area contributed by atoms with Gasteiger partial charge in [-0.25, -0.2) is 4.39 Å². The van der Waals surface area contributed by atoms with Crippen molar-refractivity contribution in [3.8, 4) is 5.75 Å². The van der Waals surface area contributed by atoms with Crippen molar-refractivity contribution in [3.05, 3.63) is 30.1 Å². The van der Waals surface area contributed by atoms with Crippen molar-refractivity contribution >= 4 is 29.9 Å². The Morgan fingerprint density at radius 2 is 2.09 bits per heavy atom. The van der Waals surface area contributed by atoms with Gasteiger partial charge in [0, 0.05) is 19.6 Å². The van der Waals surface area contributed by atoms with Crippen LogP contribution in [0.4, 0.5) is 4.39 Å². The summed E-state index contributed by atoms with van der Waals surface area (Å²) in [6, 6.07) is 6.09. The Labute approximate surface area is 155 Å². The van der Waals surface area contributed by atoms with E-state index in [0.717, 1.165) is 32.5 Å². The first-order valence-electron chi connectivity index (χ1n) is 8.08. The standard InChI is InChI=1S/C17H26FN3O.HI/c1-14-5-4-11-21(13-14)17(19)20-10-2-3-12-22-16-8-6-15(18)7-9-16;/h6-9,14H,2-5,10-13H2,1H3,(H2,19,20);1H. The molecule has 0 aliphatic carbocycles. The van der Waals surface area contributed by atoms with Crippen molar-refractivity contribution < 1.29 is 9.13 Å². The maximum atomic E-state index is 12.7. The number of likely N-dealkylation sites (tertiary alicyclic amines) is 1. The number of unbranched alkanes of at least 4 members (excludes halogenated alkanes) is 1. The number of halogens is 2. The Hall–Kier alpha value is -1.05. The van der Waals surface area contributed by atoms with E-state index in [0.29, 0.717) is 24.2 Å². The quantitative estimate of drug-likeness (QED) is 0.321. The van der Waals surface area contributed by atoms with E-state index in [-0.39, 0.29) is 29.8 Å². The van der Waals surface area contributed by atoms with Crippen molar-refractivity contribution in [3.63, 3.8) is 0 Å². The summed E-state index contributed by atoms with van der Waals surface area (Å²) in [6.45, 7) is 5.63. The van der Waals surface area contributed by atoms with Crippen LogP contribution in [0.1, 0.15) is 32.6 Å². The van der Waals surface area contributed by atoms with Crippen LogP contribution < -0.4 is 10.5 Å². The van der Waals surface area contributed by atoms with Crippen LogP contribution in [0.3, 0.4) is 0 Å². The van der Waals surface area contributed by atoms with Gasteiger partial charge in [-0.15, -0.1) is 24.0 Å². The Morgan fingerprint density at radius 3 is 2.78 bits per heavy atom. The molecule has 0 radical (unpaired) electrons. The third-order valence-electron chi connectivity index (χ3n) is 3.89. The van der Waals surface area contributed by atoms with Crippen LogP contribution in [0, 0.1) is 11.7 Å². The van der Waals surface area contributed by atoms with Gasteiger partial charge in [-0.2, -0.15) is 0 Å². The maximum absolute atomic E-state index is 12.7. The fraction of sp³-hybridized carbons (Fsp3) is 0.588. The zero-order valence-corrected chi connectivity index (χ0v) is 16.0. The van der Waals surface area contributed by atoms with Crippen molar-refractivity contribution in [2.24, 2.45) is 16.6 Å². The van der Waals surface area contributed by atoms with Gasteiger partial charge in [-0.3, -0.25) is 4.99 Å². The molecule has 0 bridgehead atoms. The molecule has 1 fully saturated rings. The summed E-state index contributed by atoms with van der Waals surface area (Å²) >= 11 is 0. The summed E-state index contributed by atoms with van der Waals surface area (Å²) in [5, 5.41) is 0. The van der Waals surface area contributed by atoms with Crippen LogP contribution >= 0.6 is 24.0 Å². The van der Waals surface area contributed by atoms with E-state index < -0.39 is 0 Å². The first-order valence-corrected chi connectivity index (χ1v) is 8.08. The van der Waals surface area contributed by atoms with Crippen LogP contribution in [0.2, 0.25) is 0 Å². The molecule has 23 heavy (non-hydrogen) atoms. The molecule has 1 aromatic carbocycles. The molecule has 0 spiro atoms. The zero-order valence-electron chi connectivity index (χ0n) is 13.7. The van der Waals surface area contributed by atoms with E-state index in [1.54, 1.807) is 12.1 Å². The maximum Gasteiger partial charge on any atom is 0.191 e. The third-order valence-corrected chi connectivity index (χ3v) is 3.89. The molecule has 1 aromatic rings. The average Bonchev–Trinajstić information content (AvgIpc) is 2.52. The molecule has 1 heterocycles. The lowest BCUT2D eigenvalue weighted by Gasteiger charge is -2.31. The van der Waals surface area contributed by atoms with Gasteiger partial charge in [0.15, 0.2) is 5.96 Å². The normalized spacial score (nSPS) is 18.4. The van der Waals surface area contributed by atoms with Crippen molar-refractivity contribution in [1.29, 1.82) is 0 Å². The molecule has 2 rings (SSSR count). The van der Waals surface area contributed by atoms with Crippen LogP contribution in [-0.2, 0) is 0 Å². The molecule has 1 atom stereocenters. The molecule has 0 amide bonds. The highest BCUT2D eigenvalue weighted by Gasteiger charge is 2.17. The molecule has 1 aliphatic rings. The number of aliphatic imine (C=N–C) groups is 1. The highest BCUT2D eigenvalue weighted by molar-refractivity contribution is 14.0. The average molecular weight is 435 g/mol. The number of nitrogens with zero attached hydrogens (tertiary/aromatic N) is 2. The number of ether oxygens (including phenoxy) is 1. The van der Waals surface area contributed by atoms with E-state index in [9.17, 15) is 4.39 Å². The minimum Gasteiger partial charge on any atom is -0.494 e. The van der Waals surface area contributed by atoms with E-state index in [1.807, 2.05) is 0 Å². The SMILES string of the molecule is CC1CCCN(C(N)=NCCCCOc2ccc(F)cc2)C1.I. The van der Waals surface area contributed by atoms with Gasteiger partial charge < -0.3 is 15.4 Å². The van der Waals surface area contributed by atoms with E-state index in [1.165, 1.54) is 25.0 Å². The Bertz CT molecular complexity index is 481. The molecule has 1 unspecified atom stereocenters. The summed E-state index contributed by atoms with van der Waals surface area (Å²) in [6.07, 6.45) is 4.32. The monoisotopic (exact) mass is 435 g/mol. The zero-order chi connectivity index (χ0) is 15.8. The van der Waals surface area contributed by atoms with Gasteiger partial charge in [-0.1, -0.05) is 6.92 Å². The second kappa shape index (κ2) is 10.7. The predicted molar refractivity (Wildman–Crippen MR) is 103 cm³/mol. The van der Waals surface area contributed by atoms with Gasteiger partial charge in [0.25, 0.3) is 0 Å². The lowest BCUT2D eigenvalue weighted by atomic mass is 10.0. The number of hydrogen-bond donors (Lipinski definition) is 1. The number of benzene rings is 1. The largest absolute Gasteiger partial charge is 0.494 e. The molecule has 2 N–H and O–H groups in total.